The fourth-order valence-corrected chi connectivity index (χ4v) is 5.06. The van der Waals surface area contributed by atoms with Crippen molar-refractivity contribution in [2.75, 3.05) is 80.5 Å². The lowest BCUT2D eigenvalue weighted by Gasteiger charge is -2.30. The van der Waals surface area contributed by atoms with E-state index in [1.807, 2.05) is 38.4 Å². The van der Waals surface area contributed by atoms with Crippen LogP contribution in [0.25, 0.3) is 0 Å². The lowest BCUT2D eigenvalue weighted by atomic mass is 10.0. The molecule has 254 valence electrons. The normalized spacial score (nSPS) is 20.5. The molecule has 2 heterocycles. The third-order valence-electron chi connectivity index (χ3n) is 7.49. The molecule has 2 fully saturated rings. The number of thioether (sulfide) groups is 1. The molecule has 2 aliphatic rings. The highest BCUT2D eigenvalue weighted by atomic mass is 32.2. The van der Waals surface area contributed by atoms with Gasteiger partial charge in [0.2, 0.25) is 12.7 Å². The average molecular weight is 650 g/mol. The summed E-state index contributed by atoms with van der Waals surface area (Å²) in [6.45, 7) is 9.29. The van der Waals surface area contributed by atoms with Crippen LogP contribution in [0.1, 0.15) is 46.0 Å². The van der Waals surface area contributed by atoms with Gasteiger partial charge in [-0.3, -0.25) is 14.5 Å². The molecular formula is C34H57N4O6S+. The Morgan fingerprint density at radius 2 is 1.76 bits per heavy atom. The maximum Gasteiger partial charge on any atom is 0.364 e. The van der Waals surface area contributed by atoms with Gasteiger partial charge >= 0.3 is 5.30 Å². The molecule has 1 amide bonds. The maximum atomic E-state index is 13.6. The van der Waals surface area contributed by atoms with Gasteiger partial charge in [-0.25, -0.2) is 4.79 Å². The topological polar surface area (TPSA) is 99.6 Å². The fourth-order valence-electron chi connectivity index (χ4n) is 5.06. The number of carboxylic acid groups (broad SMARTS) is 1. The van der Waals surface area contributed by atoms with Gasteiger partial charge in [0.15, 0.2) is 11.5 Å². The first-order valence-electron chi connectivity index (χ1n) is 15.8. The van der Waals surface area contributed by atoms with Gasteiger partial charge < -0.3 is 28.9 Å². The number of amides is 1. The number of aldehydes is 1. The van der Waals surface area contributed by atoms with Crippen LogP contribution in [0.4, 0.5) is 4.79 Å². The summed E-state index contributed by atoms with van der Waals surface area (Å²) in [7, 11) is 8.65. The molecule has 0 bridgehead atoms. The van der Waals surface area contributed by atoms with Gasteiger partial charge in [0.05, 0.1) is 34.2 Å². The van der Waals surface area contributed by atoms with Crippen molar-refractivity contribution in [1.29, 1.82) is 0 Å². The van der Waals surface area contributed by atoms with E-state index in [4.69, 9.17) is 14.6 Å². The molecule has 45 heavy (non-hydrogen) atoms. The number of allylic oxidation sites excluding steroid dienone is 6. The Bertz CT molecular complexity index is 1050. The van der Waals surface area contributed by atoms with Crippen LogP contribution < -0.4 is 0 Å². The van der Waals surface area contributed by atoms with Crippen molar-refractivity contribution in [2.45, 2.75) is 52.0 Å². The molecule has 0 aromatic rings. The number of unbranched alkanes of at least 4 members (excludes halogenated alkanes) is 1. The van der Waals surface area contributed by atoms with E-state index < -0.39 is 5.30 Å². The van der Waals surface area contributed by atoms with E-state index >= 15 is 0 Å². The minimum absolute atomic E-state index is 0.244. The second-order valence-corrected chi connectivity index (χ2v) is 13.0. The number of likely N-dealkylation sites (tertiary alicyclic amines) is 1. The fraction of sp³-hybridized carbons (Fsp3) is 0.618. The predicted molar refractivity (Wildman–Crippen MR) is 184 cm³/mol. The number of quaternary nitrogens is 1. The Labute approximate surface area is 275 Å². The van der Waals surface area contributed by atoms with Crippen molar-refractivity contribution in [3.05, 3.63) is 60.3 Å². The lowest BCUT2D eigenvalue weighted by Crippen LogP contribution is -2.44. The standard InChI is InChI=1S/C32H53N4O4.C2H4O2S/c1-7-9-19-34(20-14-22-36(4,5)6)32(38)26-35-25-28(15-13-16-31-30(8-2)39-27-40-31)24-29(35)17-21-33(3)18-11-10-12-23-37;1-5-2(3)4/h8,10-13,15-16,18,23,28-29H,7,9,14,17,19-22,24-27H2,1-6H3;1H3,(H,3,4)/q+1;/b12-10-,15-13+,18-11-,30-8+,31-16+;. The van der Waals surface area contributed by atoms with E-state index in [9.17, 15) is 14.4 Å². The third-order valence-corrected chi connectivity index (χ3v) is 7.83. The smallest absolute Gasteiger partial charge is 0.364 e. The molecule has 2 atom stereocenters. The minimum Gasteiger partial charge on any atom is -0.473 e. The van der Waals surface area contributed by atoms with Crippen LogP contribution in [0.15, 0.2) is 60.3 Å². The van der Waals surface area contributed by atoms with Gasteiger partial charge in [-0.1, -0.05) is 31.6 Å². The molecule has 0 saturated carbocycles. The molecule has 11 heteroatoms. The van der Waals surface area contributed by atoms with Gasteiger partial charge in [0.25, 0.3) is 0 Å². The minimum atomic E-state index is -0.829. The number of ether oxygens (including phenoxy) is 2. The Morgan fingerprint density at radius 3 is 2.38 bits per heavy atom. The van der Waals surface area contributed by atoms with Gasteiger partial charge in [-0.2, -0.15) is 0 Å². The van der Waals surface area contributed by atoms with Crippen LogP contribution in [-0.2, 0) is 19.1 Å². The molecule has 0 aromatic carbocycles. The zero-order valence-corrected chi connectivity index (χ0v) is 29.3. The number of rotatable bonds is 17. The van der Waals surface area contributed by atoms with Crippen LogP contribution in [0.2, 0.25) is 0 Å². The van der Waals surface area contributed by atoms with Gasteiger partial charge in [-0.05, 0) is 80.6 Å². The summed E-state index contributed by atoms with van der Waals surface area (Å²) in [5.74, 6) is 2.15. The Balaban J connectivity index is 0.00000187. The average Bonchev–Trinajstić information content (AvgIpc) is 3.61. The Kier molecular flexibility index (Phi) is 20.0. The second kappa shape index (κ2) is 22.5. The molecule has 0 aromatic heterocycles. The van der Waals surface area contributed by atoms with Gasteiger partial charge in [0, 0.05) is 45.7 Å². The van der Waals surface area contributed by atoms with Crippen LogP contribution in [0, 0.1) is 5.92 Å². The van der Waals surface area contributed by atoms with E-state index in [2.05, 4.69) is 54.9 Å². The van der Waals surface area contributed by atoms with E-state index in [0.29, 0.717) is 18.5 Å². The van der Waals surface area contributed by atoms with E-state index in [1.165, 1.54) is 12.3 Å². The first kappa shape index (κ1) is 40.0. The number of hydrogen-bond acceptors (Lipinski definition) is 8. The summed E-state index contributed by atoms with van der Waals surface area (Å²) in [5.41, 5.74) is 0. The third kappa shape index (κ3) is 17.9. The van der Waals surface area contributed by atoms with Gasteiger partial charge in [-0.15, -0.1) is 0 Å². The number of nitrogens with zero attached hydrogens (tertiary/aromatic N) is 4. The lowest BCUT2D eigenvalue weighted by molar-refractivity contribution is -0.870. The SMILES string of the molecule is C/C=C1/OCO/C1=C/C=C/C1CC(CCN(C)/C=C\C=C/C=O)N(CC(=O)N(CCCC)CCC[N+](C)(C)C)C1.CSC(=O)O. The van der Waals surface area contributed by atoms with Crippen molar-refractivity contribution in [3.63, 3.8) is 0 Å². The summed E-state index contributed by atoms with van der Waals surface area (Å²) in [4.78, 5) is 40.0. The van der Waals surface area contributed by atoms with Crippen molar-refractivity contribution in [2.24, 2.45) is 5.92 Å². The Morgan fingerprint density at radius 1 is 1.07 bits per heavy atom. The highest BCUT2D eigenvalue weighted by Gasteiger charge is 2.32. The first-order chi connectivity index (χ1) is 21.4. The summed E-state index contributed by atoms with van der Waals surface area (Å²) in [6, 6.07) is 0.323. The summed E-state index contributed by atoms with van der Waals surface area (Å²) in [5, 5.41) is 6.86. The molecule has 0 radical (unpaired) electrons. The zero-order chi connectivity index (χ0) is 33.7. The number of hydrogen-bond donors (Lipinski definition) is 1. The molecule has 0 aliphatic carbocycles. The van der Waals surface area contributed by atoms with Crippen molar-refractivity contribution in [3.8, 4) is 0 Å². The monoisotopic (exact) mass is 649 g/mol. The summed E-state index contributed by atoms with van der Waals surface area (Å²) >= 11 is 0.796. The maximum absolute atomic E-state index is 13.6. The molecule has 1 N–H and O–H groups in total. The largest absolute Gasteiger partial charge is 0.473 e. The zero-order valence-electron chi connectivity index (χ0n) is 28.5. The van der Waals surface area contributed by atoms with Crippen LogP contribution in [0.3, 0.4) is 0 Å². The van der Waals surface area contributed by atoms with Crippen molar-refractivity contribution in [1.82, 2.24) is 14.7 Å². The molecule has 0 spiro atoms. The molecule has 2 saturated heterocycles. The van der Waals surface area contributed by atoms with E-state index in [1.54, 1.807) is 6.08 Å². The predicted octanol–water partition coefficient (Wildman–Crippen LogP) is 5.37. The van der Waals surface area contributed by atoms with E-state index in [0.717, 1.165) is 98.9 Å². The second-order valence-electron chi connectivity index (χ2n) is 12.3. The van der Waals surface area contributed by atoms with Crippen molar-refractivity contribution < 1.29 is 33.4 Å². The van der Waals surface area contributed by atoms with Crippen molar-refractivity contribution >= 4 is 29.3 Å². The van der Waals surface area contributed by atoms with E-state index in [-0.39, 0.29) is 12.7 Å². The first-order valence-corrected chi connectivity index (χ1v) is 17.0. The van der Waals surface area contributed by atoms with Crippen LogP contribution >= 0.6 is 11.8 Å². The molecule has 10 nitrogen and oxygen atoms in total. The quantitative estimate of drug-likeness (QED) is 0.0965. The van der Waals surface area contributed by atoms with Crippen LogP contribution in [-0.4, -0.2) is 128 Å². The highest BCUT2D eigenvalue weighted by molar-refractivity contribution is 8.12. The highest BCUT2D eigenvalue weighted by Crippen LogP contribution is 2.28. The molecule has 2 aliphatic heterocycles. The number of carbonyl (C=O) groups is 3. The van der Waals surface area contributed by atoms with Crippen LogP contribution in [0.5, 0.6) is 0 Å². The summed E-state index contributed by atoms with van der Waals surface area (Å²) in [6.07, 6.45) is 22.7. The van der Waals surface area contributed by atoms with Gasteiger partial charge in [0.1, 0.15) is 6.29 Å². The number of carbonyl (C=O) groups excluding carboxylic acids is 2. The Hall–Kier alpha value is -3.02. The molecule has 2 unspecified atom stereocenters. The summed E-state index contributed by atoms with van der Waals surface area (Å²) < 4.78 is 11.9. The molecular weight excluding hydrogens is 592 g/mol. The molecule has 2 rings (SSSR count).